The lowest BCUT2D eigenvalue weighted by molar-refractivity contribution is -0.927. The van der Waals surface area contributed by atoms with Crippen molar-refractivity contribution < 1.29 is 9.05 Å². The first-order valence-electron chi connectivity index (χ1n) is 8.53. The van der Waals surface area contributed by atoms with Gasteiger partial charge >= 0.3 is 0 Å². The fourth-order valence-corrected chi connectivity index (χ4v) is 3.65. The number of aryl methyl sites for hydroxylation is 1. The molecule has 120 valence electrons. The Balaban J connectivity index is 0.00000220. The van der Waals surface area contributed by atoms with Gasteiger partial charge in [0, 0.05) is 25.3 Å². The van der Waals surface area contributed by atoms with E-state index in [2.05, 4.69) is 50.0 Å². The molecule has 0 amide bonds. The monoisotopic (exact) mass is 356 g/mol. The molecule has 0 bridgehead atoms. The number of unbranched alkanes of at least 4 members (excludes halogenated alkanes) is 2. The summed E-state index contributed by atoms with van der Waals surface area (Å²) in [5, 5.41) is 0. The molecule has 1 fully saturated rings. The highest BCUT2D eigenvalue weighted by Crippen LogP contribution is 2.37. The summed E-state index contributed by atoms with van der Waals surface area (Å²) in [4.78, 5) is 0. The summed E-state index contributed by atoms with van der Waals surface area (Å²) in [5.74, 6) is 0. The van der Waals surface area contributed by atoms with Gasteiger partial charge in [0.1, 0.15) is 12.6 Å². The van der Waals surface area contributed by atoms with Crippen molar-refractivity contribution in [1.29, 1.82) is 0 Å². The van der Waals surface area contributed by atoms with Crippen LogP contribution in [0.5, 0.6) is 0 Å². The number of pyridine rings is 1. The number of halogens is 1. The maximum Gasteiger partial charge on any atom is 0.177 e. The Kier molecular flexibility index (Phi) is 7.89. The number of likely N-dealkylation sites (tertiary alicyclic amines) is 1. The largest absolute Gasteiger partial charge is 0.320 e. The molecule has 1 aliphatic heterocycles. The standard InChI is InChI=1S/C18H32N2.BrH/c1-4-6-12-19-13-8-10-17(16-19)18-11-9-15-20(18,3)14-7-5-2;/h8,10,13,16,18H,4-7,9,11-12,14-15H2,1-3H3;1H/q+2;. The van der Waals surface area contributed by atoms with Gasteiger partial charge in [-0.2, -0.15) is 0 Å². The van der Waals surface area contributed by atoms with Gasteiger partial charge in [0.15, 0.2) is 12.4 Å². The molecular formula is C18H33BrN2+2. The normalized spacial score (nSPS) is 24.8. The van der Waals surface area contributed by atoms with Crippen molar-refractivity contribution in [2.75, 3.05) is 20.1 Å². The Hall–Kier alpha value is -0.410. The van der Waals surface area contributed by atoms with Gasteiger partial charge in [0.25, 0.3) is 0 Å². The molecular weight excluding hydrogens is 324 g/mol. The maximum absolute atomic E-state index is 2.47. The first kappa shape index (κ1) is 18.6. The Morgan fingerprint density at radius 1 is 1.24 bits per heavy atom. The fraction of sp³-hybridized carbons (Fsp3) is 0.722. The van der Waals surface area contributed by atoms with Crippen molar-refractivity contribution in [3.63, 3.8) is 0 Å². The lowest BCUT2D eigenvalue weighted by atomic mass is 10.0. The van der Waals surface area contributed by atoms with Crippen molar-refractivity contribution in [2.45, 2.75) is 65.0 Å². The van der Waals surface area contributed by atoms with Crippen LogP contribution in [-0.4, -0.2) is 24.6 Å². The molecule has 1 aromatic rings. The third-order valence-electron chi connectivity index (χ3n) is 4.96. The second-order valence-corrected chi connectivity index (χ2v) is 6.67. The summed E-state index contributed by atoms with van der Waals surface area (Å²) in [6.45, 7) is 8.42. The van der Waals surface area contributed by atoms with Gasteiger partial charge in [-0.15, -0.1) is 17.0 Å². The van der Waals surface area contributed by atoms with Crippen LogP contribution in [0.2, 0.25) is 0 Å². The molecule has 1 aromatic heterocycles. The number of quaternary nitrogens is 1. The van der Waals surface area contributed by atoms with Crippen LogP contribution in [0.1, 0.15) is 64.0 Å². The lowest BCUT2D eigenvalue weighted by Gasteiger charge is -2.36. The zero-order valence-corrected chi connectivity index (χ0v) is 15.8. The lowest BCUT2D eigenvalue weighted by Crippen LogP contribution is -2.44. The van der Waals surface area contributed by atoms with E-state index in [4.69, 9.17) is 0 Å². The van der Waals surface area contributed by atoms with E-state index in [9.17, 15) is 0 Å². The summed E-state index contributed by atoms with van der Waals surface area (Å²) in [6.07, 6.45) is 12.6. The van der Waals surface area contributed by atoms with Crippen molar-refractivity contribution in [3.8, 4) is 0 Å². The van der Waals surface area contributed by atoms with Crippen LogP contribution in [-0.2, 0) is 6.54 Å². The topological polar surface area (TPSA) is 3.88 Å². The first-order chi connectivity index (χ1) is 9.69. The predicted octanol–water partition coefficient (Wildman–Crippen LogP) is 4.43. The molecule has 1 aliphatic rings. The maximum atomic E-state index is 2.47. The van der Waals surface area contributed by atoms with Crippen LogP contribution in [0.15, 0.2) is 24.5 Å². The van der Waals surface area contributed by atoms with Gasteiger partial charge in [-0.3, -0.25) is 0 Å². The van der Waals surface area contributed by atoms with Crippen molar-refractivity contribution in [1.82, 2.24) is 0 Å². The molecule has 0 N–H and O–H groups in total. The second kappa shape index (κ2) is 8.89. The third kappa shape index (κ3) is 4.79. The Morgan fingerprint density at radius 3 is 2.71 bits per heavy atom. The third-order valence-corrected chi connectivity index (χ3v) is 4.96. The van der Waals surface area contributed by atoms with Gasteiger partial charge in [-0.05, 0) is 12.5 Å². The zero-order chi connectivity index (χ0) is 14.4. The van der Waals surface area contributed by atoms with E-state index in [1.165, 1.54) is 56.1 Å². The van der Waals surface area contributed by atoms with E-state index in [0.29, 0.717) is 0 Å². The van der Waals surface area contributed by atoms with E-state index in [-0.39, 0.29) is 17.0 Å². The van der Waals surface area contributed by atoms with E-state index >= 15 is 0 Å². The van der Waals surface area contributed by atoms with E-state index < -0.39 is 0 Å². The molecule has 2 rings (SSSR count). The van der Waals surface area contributed by atoms with E-state index in [1.807, 2.05) is 0 Å². The molecule has 2 heterocycles. The molecule has 2 atom stereocenters. The predicted molar refractivity (Wildman–Crippen MR) is 94.7 cm³/mol. The smallest absolute Gasteiger partial charge is 0.177 e. The van der Waals surface area contributed by atoms with Gasteiger partial charge in [0.2, 0.25) is 0 Å². The quantitative estimate of drug-likeness (QED) is 0.502. The van der Waals surface area contributed by atoms with Gasteiger partial charge in [-0.1, -0.05) is 26.7 Å². The summed E-state index contributed by atoms with van der Waals surface area (Å²) in [6, 6.07) is 5.31. The fourth-order valence-electron chi connectivity index (χ4n) is 3.65. The van der Waals surface area contributed by atoms with Gasteiger partial charge < -0.3 is 4.48 Å². The molecule has 2 unspecified atom stereocenters. The molecule has 0 aromatic carbocycles. The summed E-state index contributed by atoms with van der Waals surface area (Å²) in [5.41, 5.74) is 1.56. The molecule has 0 saturated carbocycles. The highest BCUT2D eigenvalue weighted by molar-refractivity contribution is 8.93. The van der Waals surface area contributed by atoms with E-state index in [0.717, 1.165) is 12.6 Å². The highest BCUT2D eigenvalue weighted by atomic mass is 79.9. The van der Waals surface area contributed by atoms with Crippen LogP contribution >= 0.6 is 17.0 Å². The molecule has 0 spiro atoms. The van der Waals surface area contributed by atoms with Crippen molar-refractivity contribution in [2.24, 2.45) is 0 Å². The van der Waals surface area contributed by atoms with Gasteiger partial charge in [-0.25, -0.2) is 4.57 Å². The number of aromatic nitrogens is 1. The Labute approximate surface area is 141 Å². The summed E-state index contributed by atoms with van der Waals surface area (Å²) in [7, 11) is 2.47. The van der Waals surface area contributed by atoms with Crippen LogP contribution in [0, 0.1) is 0 Å². The minimum atomic E-state index is 0. The second-order valence-electron chi connectivity index (χ2n) is 6.67. The average molecular weight is 357 g/mol. The molecule has 2 nitrogen and oxygen atoms in total. The Morgan fingerprint density at radius 2 is 2.00 bits per heavy atom. The van der Waals surface area contributed by atoms with Crippen LogP contribution in [0.25, 0.3) is 0 Å². The number of rotatable bonds is 7. The molecule has 21 heavy (non-hydrogen) atoms. The number of nitrogens with zero attached hydrogens (tertiary/aromatic N) is 2. The van der Waals surface area contributed by atoms with Crippen molar-refractivity contribution >= 4 is 17.0 Å². The SMILES string of the molecule is Br.CCCC[n+]1cccc(C2CCC[N+]2(C)CCCC)c1. The minimum Gasteiger partial charge on any atom is -0.320 e. The number of hydrogen-bond donors (Lipinski definition) is 0. The van der Waals surface area contributed by atoms with E-state index in [1.54, 1.807) is 5.56 Å². The number of hydrogen-bond acceptors (Lipinski definition) is 0. The first-order valence-corrected chi connectivity index (χ1v) is 8.53. The summed E-state index contributed by atoms with van der Waals surface area (Å²) < 4.78 is 3.65. The van der Waals surface area contributed by atoms with Crippen molar-refractivity contribution in [3.05, 3.63) is 30.1 Å². The molecule has 3 heteroatoms. The molecule has 0 aliphatic carbocycles. The zero-order valence-electron chi connectivity index (χ0n) is 14.1. The highest BCUT2D eigenvalue weighted by Gasteiger charge is 2.39. The van der Waals surface area contributed by atoms with Crippen LogP contribution in [0.4, 0.5) is 0 Å². The summed E-state index contributed by atoms with van der Waals surface area (Å²) >= 11 is 0. The minimum absolute atomic E-state index is 0. The van der Waals surface area contributed by atoms with Crippen LogP contribution in [0.3, 0.4) is 0 Å². The van der Waals surface area contributed by atoms with Crippen LogP contribution < -0.4 is 4.57 Å². The Bertz CT molecular complexity index is 421. The molecule has 0 radical (unpaired) electrons. The average Bonchev–Trinajstić information content (AvgIpc) is 2.85. The van der Waals surface area contributed by atoms with Gasteiger partial charge in [0.05, 0.1) is 25.7 Å². The molecule has 1 saturated heterocycles.